The van der Waals surface area contributed by atoms with Gasteiger partial charge in [0.1, 0.15) is 0 Å². The third-order valence-corrected chi connectivity index (χ3v) is 5.09. The number of thiophene rings is 1. The monoisotopic (exact) mass is 350 g/mol. The lowest BCUT2D eigenvalue weighted by Crippen LogP contribution is -2.46. The highest BCUT2D eigenvalue weighted by Crippen LogP contribution is 2.21. The van der Waals surface area contributed by atoms with Crippen LogP contribution in [-0.4, -0.2) is 36.5 Å². The minimum Gasteiger partial charge on any atom is -0.340 e. The molecule has 3 nitrogen and oxygen atoms in total. The van der Waals surface area contributed by atoms with E-state index in [2.05, 4.69) is 17.1 Å². The molecule has 2 heterocycles. The molecule has 1 aliphatic heterocycles. The van der Waals surface area contributed by atoms with Gasteiger partial charge in [-0.25, -0.2) is 0 Å². The van der Waals surface area contributed by atoms with Crippen molar-refractivity contribution in [2.45, 2.75) is 45.1 Å². The lowest BCUT2D eigenvalue weighted by molar-refractivity contribution is -0.134. The van der Waals surface area contributed by atoms with Gasteiger partial charge in [0, 0.05) is 29.3 Å². The van der Waals surface area contributed by atoms with E-state index in [1.807, 2.05) is 11.4 Å². The Labute approximate surface area is 142 Å². The van der Waals surface area contributed by atoms with Crippen LogP contribution in [0.3, 0.4) is 0 Å². The fraction of sp³-hybridized carbons (Fsp3) is 0.667. The molecule has 2 rings (SSSR count). The number of aryl methyl sites for hydroxylation is 1. The Bertz CT molecular complexity index is 433. The normalized spacial score (nSPS) is 15.5. The molecule has 0 radical (unpaired) electrons. The van der Waals surface area contributed by atoms with Crippen molar-refractivity contribution in [1.82, 2.24) is 10.2 Å². The van der Waals surface area contributed by atoms with Crippen molar-refractivity contribution in [3.05, 3.63) is 21.3 Å². The van der Waals surface area contributed by atoms with Crippen molar-refractivity contribution in [3.8, 4) is 0 Å². The van der Waals surface area contributed by atoms with Crippen molar-refractivity contribution in [1.29, 1.82) is 0 Å². The standard InChI is InChI=1S/C15H23ClN2OS.ClH/c1-2-9-18(13-5-7-17-8-6-13)15(19)4-3-14-10-12(16)11-20-14;/h10-11,13,17H,2-9H2,1H3;1H. The van der Waals surface area contributed by atoms with Gasteiger partial charge in [0.15, 0.2) is 0 Å². The van der Waals surface area contributed by atoms with Gasteiger partial charge in [-0.15, -0.1) is 23.7 Å². The SMILES string of the molecule is CCCN(C(=O)CCc1cc(Cl)cs1)C1CCNCC1.Cl. The molecule has 0 saturated carbocycles. The van der Waals surface area contributed by atoms with Gasteiger partial charge in [0.05, 0.1) is 5.02 Å². The topological polar surface area (TPSA) is 32.3 Å². The van der Waals surface area contributed by atoms with E-state index in [0.717, 1.165) is 50.3 Å². The molecule has 0 atom stereocenters. The van der Waals surface area contributed by atoms with E-state index in [1.165, 1.54) is 4.88 Å². The summed E-state index contributed by atoms with van der Waals surface area (Å²) in [4.78, 5) is 15.8. The molecule has 1 aromatic rings. The van der Waals surface area contributed by atoms with Gasteiger partial charge >= 0.3 is 0 Å². The summed E-state index contributed by atoms with van der Waals surface area (Å²) in [5, 5.41) is 6.07. The fourth-order valence-electron chi connectivity index (χ4n) is 2.73. The highest BCUT2D eigenvalue weighted by molar-refractivity contribution is 7.10. The second-order valence-electron chi connectivity index (χ2n) is 5.30. The molecule has 120 valence electrons. The number of halogens is 2. The molecule has 0 spiro atoms. The number of hydrogen-bond donors (Lipinski definition) is 1. The maximum Gasteiger partial charge on any atom is 0.223 e. The first-order valence-electron chi connectivity index (χ1n) is 7.43. The number of hydrogen-bond acceptors (Lipinski definition) is 3. The Hall–Kier alpha value is -0.290. The zero-order valence-electron chi connectivity index (χ0n) is 12.4. The molecule has 1 aliphatic rings. The van der Waals surface area contributed by atoms with E-state index >= 15 is 0 Å². The molecule has 1 N–H and O–H groups in total. The summed E-state index contributed by atoms with van der Waals surface area (Å²) in [7, 11) is 0. The van der Waals surface area contributed by atoms with E-state index in [1.54, 1.807) is 11.3 Å². The van der Waals surface area contributed by atoms with Crippen LogP contribution in [0, 0.1) is 0 Å². The largest absolute Gasteiger partial charge is 0.340 e. The molecular formula is C15H24Cl2N2OS. The van der Waals surface area contributed by atoms with Crippen LogP contribution in [0.2, 0.25) is 5.02 Å². The molecule has 0 aromatic carbocycles. The van der Waals surface area contributed by atoms with Crippen LogP contribution in [-0.2, 0) is 11.2 Å². The Morgan fingerprint density at radius 2 is 2.19 bits per heavy atom. The second-order valence-corrected chi connectivity index (χ2v) is 6.73. The van der Waals surface area contributed by atoms with Crippen LogP contribution in [0.15, 0.2) is 11.4 Å². The average molecular weight is 351 g/mol. The summed E-state index contributed by atoms with van der Waals surface area (Å²) >= 11 is 7.56. The molecule has 21 heavy (non-hydrogen) atoms. The van der Waals surface area contributed by atoms with E-state index in [4.69, 9.17) is 11.6 Å². The summed E-state index contributed by atoms with van der Waals surface area (Å²) in [6.07, 6.45) is 4.59. The van der Waals surface area contributed by atoms with E-state index in [9.17, 15) is 4.79 Å². The van der Waals surface area contributed by atoms with E-state index in [-0.39, 0.29) is 12.4 Å². The number of nitrogens with zero attached hydrogens (tertiary/aromatic N) is 1. The van der Waals surface area contributed by atoms with Gasteiger partial charge in [-0.2, -0.15) is 0 Å². The number of carbonyl (C=O) groups excluding carboxylic acids is 1. The Morgan fingerprint density at radius 1 is 1.48 bits per heavy atom. The molecule has 0 bridgehead atoms. The Morgan fingerprint density at radius 3 is 2.76 bits per heavy atom. The van der Waals surface area contributed by atoms with Crippen molar-refractivity contribution in [2.24, 2.45) is 0 Å². The zero-order chi connectivity index (χ0) is 14.4. The minimum absolute atomic E-state index is 0. The quantitative estimate of drug-likeness (QED) is 0.847. The summed E-state index contributed by atoms with van der Waals surface area (Å²) < 4.78 is 0. The average Bonchev–Trinajstić information content (AvgIpc) is 2.89. The lowest BCUT2D eigenvalue weighted by atomic mass is 10.0. The fourth-order valence-corrected chi connectivity index (χ4v) is 3.81. The maximum atomic E-state index is 12.5. The molecule has 0 aliphatic carbocycles. The van der Waals surface area contributed by atoms with Gasteiger partial charge < -0.3 is 10.2 Å². The van der Waals surface area contributed by atoms with E-state index in [0.29, 0.717) is 18.4 Å². The zero-order valence-corrected chi connectivity index (χ0v) is 14.8. The van der Waals surface area contributed by atoms with Gasteiger partial charge in [-0.1, -0.05) is 18.5 Å². The van der Waals surface area contributed by atoms with Gasteiger partial charge in [-0.3, -0.25) is 4.79 Å². The minimum atomic E-state index is 0. The number of amides is 1. The predicted molar refractivity (Wildman–Crippen MR) is 92.8 cm³/mol. The van der Waals surface area contributed by atoms with Crippen LogP contribution < -0.4 is 5.32 Å². The number of nitrogens with one attached hydrogen (secondary N) is 1. The summed E-state index contributed by atoms with van der Waals surface area (Å²) in [5.74, 6) is 0.295. The Balaban J connectivity index is 0.00000220. The van der Waals surface area contributed by atoms with Crippen molar-refractivity contribution < 1.29 is 4.79 Å². The van der Waals surface area contributed by atoms with Crippen LogP contribution in [0.25, 0.3) is 0 Å². The van der Waals surface area contributed by atoms with Crippen molar-refractivity contribution in [3.63, 3.8) is 0 Å². The molecule has 1 aromatic heterocycles. The molecule has 1 fully saturated rings. The predicted octanol–water partition coefficient (Wildman–Crippen LogP) is 3.75. The van der Waals surface area contributed by atoms with Crippen molar-refractivity contribution >= 4 is 41.3 Å². The number of rotatable bonds is 6. The number of carbonyl (C=O) groups is 1. The molecule has 1 amide bonds. The molecule has 0 unspecified atom stereocenters. The van der Waals surface area contributed by atoms with Crippen LogP contribution >= 0.6 is 35.3 Å². The van der Waals surface area contributed by atoms with Crippen molar-refractivity contribution in [2.75, 3.05) is 19.6 Å². The van der Waals surface area contributed by atoms with Crippen LogP contribution in [0.1, 0.15) is 37.5 Å². The third-order valence-electron chi connectivity index (χ3n) is 3.74. The summed E-state index contributed by atoms with van der Waals surface area (Å²) in [5.41, 5.74) is 0. The number of piperidine rings is 1. The smallest absolute Gasteiger partial charge is 0.223 e. The van der Waals surface area contributed by atoms with Crippen LogP contribution in [0.4, 0.5) is 0 Å². The second kappa shape index (κ2) is 9.67. The van der Waals surface area contributed by atoms with E-state index < -0.39 is 0 Å². The van der Waals surface area contributed by atoms with Gasteiger partial charge in [0.25, 0.3) is 0 Å². The maximum absolute atomic E-state index is 12.5. The lowest BCUT2D eigenvalue weighted by Gasteiger charge is -2.34. The first kappa shape index (κ1) is 18.8. The summed E-state index contributed by atoms with van der Waals surface area (Å²) in [6, 6.07) is 2.39. The highest BCUT2D eigenvalue weighted by Gasteiger charge is 2.24. The van der Waals surface area contributed by atoms with Crippen LogP contribution in [0.5, 0.6) is 0 Å². The Kier molecular flexibility index (Phi) is 8.64. The first-order chi connectivity index (χ1) is 9.70. The highest BCUT2D eigenvalue weighted by atomic mass is 35.5. The summed E-state index contributed by atoms with van der Waals surface area (Å²) in [6.45, 7) is 5.08. The molecular weight excluding hydrogens is 327 g/mol. The molecule has 1 saturated heterocycles. The first-order valence-corrected chi connectivity index (χ1v) is 8.69. The van der Waals surface area contributed by atoms with Gasteiger partial charge in [-0.05, 0) is 44.8 Å². The van der Waals surface area contributed by atoms with Gasteiger partial charge in [0.2, 0.25) is 5.91 Å². The third kappa shape index (κ3) is 5.78. The molecule has 6 heteroatoms.